The molecule has 1 aliphatic heterocycles. The zero-order valence-electron chi connectivity index (χ0n) is 6.30. The number of benzene rings is 1. The predicted octanol–water partition coefficient (Wildman–Crippen LogP) is -1.19. The summed E-state index contributed by atoms with van der Waals surface area (Å²) in [6.45, 7) is 0. The first-order chi connectivity index (χ1) is 5.17. The summed E-state index contributed by atoms with van der Waals surface area (Å²) in [6, 6.07) is 6.74. The number of hydrogen-bond donors (Lipinski definition) is 0. The molecule has 0 fully saturated rings. The molecule has 58 valence electrons. The number of alkyl halides is 2. The molecule has 1 aliphatic rings. The van der Waals surface area contributed by atoms with Gasteiger partial charge < -0.3 is 9.47 Å². The molecule has 1 aromatic carbocycles. The molecule has 0 atom stereocenters. The van der Waals surface area contributed by atoms with Gasteiger partial charge in [0.25, 0.3) is 0 Å². The molecular formula is C7H3F2LiO2. The zero-order chi connectivity index (χ0) is 7.90. The first kappa shape index (κ1) is 9.37. The van der Waals surface area contributed by atoms with Crippen molar-refractivity contribution >= 4 is 0 Å². The van der Waals surface area contributed by atoms with Crippen LogP contribution in [0, 0.1) is 6.07 Å². The molecule has 0 spiro atoms. The smallest absolute Gasteiger partial charge is 0.460 e. The first-order valence-corrected chi connectivity index (χ1v) is 2.93. The van der Waals surface area contributed by atoms with Gasteiger partial charge in [0, 0.05) is 0 Å². The van der Waals surface area contributed by atoms with Crippen molar-refractivity contribution in [3.63, 3.8) is 0 Å². The minimum absolute atomic E-state index is 0. The topological polar surface area (TPSA) is 18.5 Å². The molecular weight excluding hydrogens is 161 g/mol. The maximum Gasteiger partial charge on any atom is 1.00 e. The van der Waals surface area contributed by atoms with Crippen molar-refractivity contribution in [3.8, 4) is 11.5 Å². The Morgan fingerprint density at radius 2 is 1.92 bits per heavy atom. The van der Waals surface area contributed by atoms with Crippen molar-refractivity contribution in [1.82, 2.24) is 0 Å². The Hall–Kier alpha value is -0.723. The zero-order valence-corrected chi connectivity index (χ0v) is 6.30. The van der Waals surface area contributed by atoms with Gasteiger partial charge in [-0.15, -0.1) is 20.9 Å². The van der Waals surface area contributed by atoms with Crippen molar-refractivity contribution in [1.29, 1.82) is 0 Å². The van der Waals surface area contributed by atoms with E-state index in [0.29, 0.717) is 0 Å². The molecule has 2 rings (SSSR count). The summed E-state index contributed by atoms with van der Waals surface area (Å²) in [6.07, 6.45) is -3.52. The van der Waals surface area contributed by atoms with Gasteiger partial charge in [-0.2, -0.15) is 12.1 Å². The van der Waals surface area contributed by atoms with Gasteiger partial charge in [-0.1, -0.05) is 0 Å². The molecule has 2 nitrogen and oxygen atoms in total. The molecule has 0 bridgehead atoms. The molecule has 0 N–H and O–H groups in total. The van der Waals surface area contributed by atoms with Crippen molar-refractivity contribution in [2.45, 2.75) is 6.29 Å². The second kappa shape index (κ2) is 2.96. The van der Waals surface area contributed by atoms with E-state index in [9.17, 15) is 8.78 Å². The maximum atomic E-state index is 12.3. The molecule has 0 radical (unpaired) electrons. The number of ether oxygens (including phenoxy) is 2. The Morgan fingerprint density at radius 3 is 2.58 bits per heavy atom. The summed E-state index contributed by atoms with van der Waals surface area (Å²) in [7, 11) is 0. The van der Waals surface area contributed by atoms with Gasteiger partial charge in [0.1, 0.15) is 0 Å². The normalized spacial score (nSPS) is 16.8. The van der Waals surface area contributed by atoms with Gasteiger partial charge in [-0.05, 0) is 0 Å². The van der Waals surface area contributed by atoms with Crippen LogP contribution >= 0.6 is 0 Å². The second-order valence-electron chi connectivity index (χ2n) is 2.04. The Balaban J connectivity index is 0.000000720. The van der Waals surface area contributed by atoms with Crippen LogP contribution in [0.2, 0.25) is 0 Å². The van der Waals surface area contributed by atoms with Crippen LogP contribution in [-0.2, 0) is 0 Å². The second-order valence-corrected chi connectivity index (χ2v) is 2.04. The van der Waals surface area contributed by atoms with Crippen LogP contribution in [0.15, 0.2) is 18.2 Å². The molecule has 0 saturated heterocycles. The van der Waals surface area contributed by atoms with Gasteiger partial charge in [-0.25, -0.2) is 0 Å². The van der Waals surface area contributed by atoms with E-state index >= 15 is 0 Å². The molecule has 12 heavy (non-hydrogen) atoms. The summed E-state index contributed by atoms with van der Waals surface area (Å²) in [5.74, 6) is 0.0752. The monoisotopic (exact) mass is 164 g/mol. The number of hydrogen-bond acceptors (Lipinski definition) is 2. The number of halogens is 2. The summed E-state index contributed by atoms with van der Waals surface area (Å²) in [4.78, 5) is 0. The van der Waals surface area contributed by atoms with E-state index in [4.69, 9.17) is 0 Å². The van der Waals surface area contributed by atoms with Crippen LogP contribution in [0.3, 0.4) is 0 Å². The number of fused-ring (bicyclic) bond motifs is 1. The Morgan fingerprint density at radius 1 is 1.25 bits per heavy atom. The van der Waals surface area contributed by atoms with Gasteiger partial charge in [-0.3, -0.25) is 0 Å². The van der Waals surface area contributed by atoms with Crippen molar-refractivity contribution < 1.29 is 37.1 Å². The predicted molar refractivity (Wildman–Crippen MR) is 31.5 cm³/mol. The van der Waals surface area contributed by atoms with Gasteiger partial charge in [0.2, 0.25) is 0 Å². The SMILES string of the molecule is FC1(F)Oc2c[c-]ccc2O1.[Li+]. The van der Waals surface area contributed by atoms with E-state index in [1.54, 1.807) is 0 Å². The molecule has 0 amide bonds. The van der Waals surface area contributed by atoms with E-state index in [0.717, 1.165) is 0 Å². The van der Waals surface area contributed by atoms with Gasteiger partial charge >= 0.3 is 25.2 Å². The summed E-state index contributed by atoms with van der Waals surface area (Å²) in [5.41, 5.74) is 0. The van der Waals surface area contributed by atoms with Gasteiger partial charge in [0.15, 0.2) is 0 Å². The first-order valence-electron chi connectivity index (χ1n) is 2.93. The Bertz CT molecular complexity index is 263. The third kappa shape index (κ3) is 1.55. The van der Waals surface area contributed by atoms with E-state index in [-0.39, 0.29) is 30.4 Å². The molecule has 0 saturated carbocycles. The van der Waals surface area contributed by atoms with Gasteiger partial charge in [0.05, 0.1) is 11.5 Å². The fourth-order valence-electron chi connectivity index (χ4n) is 0.842. The molecule has 0 aliphatic carbocycles. The standard InChI is InChI=1S/C7H3F2O2.Li/c8-7(9)10-5-3-1-2-4-6(5)11-7;/h1,3-4H;/q-1;+1. The van der Waals surface area contributed by atoms with E-state index in [1.165, 1.54) is 18.2 Å². The fourth-order valence-corrected chi connectivity index (χ4v) is 0.842. The van der Waals surface area contributed by atoms with E-state index in [1.807, 2.05) is 0 Å². The van der Waals surface area contributed by atoms with Crippen molar-refractivity contribution in [3.05, 3.63) is 24.3 Å². The minimum atomic E-state index is -3.52. The summed E-state index contributed by atoms with van der Waals surface area (Å²) >= 11 is 0. The Kier molecular flexibility index (Phi) is 2.31. The fraction of sp³-hybridized carbons (Fsp3) is 0.143. The van der Waals surface area contributed by atoms with Crippen LogP contribution in [0.5, 0.6) is 11.5 Å². The third-order valence-corrected chi connectivity index (χ3v) is 1.25. The van der Waals surface area contributed by atoms with E-state index in [2.05, 4.69) is 15.5 Å². The molecule has 5 heteroatoms. The largest absolute Gasteiger partial charge is 1.00 e. The third-order valence-electron chi connectivity index (χ3n) is 1.25. The van der Waals surface area contributed by atoms with E-state index < -0.39 is 6.29 Å². The minimum Gasteiger partial charge on any atom is -0.460 e. The van der Waals surface area contributed by atoms with Crippen LogP contribution < -0.4 is 28.3 Å². The molecule has 1 aromatic rings. The molecule has 0 unspecified atom stereocenters. The number of rotatable bonds is 0. The van der Waals surface area contributed by atoms with Crippen molar-refractivity contribution in [2.24, 2.45) is 0 Å². The quantitative estimate of drug-likeness (QED) is 0.354. The maximum absolute atomic E-state index is 12.3. The summed E-state index contributed by atoms with van der Waals surface area (Å²) in [5, 5.41) is 0. The van der Waals surface area contributed by atoms with Crippen LogP contribution in [0.1, 0.15) is 0 Å². The average Bonchev–Trinajstić information content (AvgIpc) is 2.21. The summed E-state index contributed by atoms with van der Waals surface area (Å²) < 4.78 is 32.8. The molecule has 0 aromatic heterocycles. The van der Waals surface area contributed by atoms with Crippen LogP contribution in [-0.4, -0.2) is 6.29 Å². The van der Waals surface area contributed by atoms with Crippen LogP contribution in [0.4, 0.5) is 8.78 Å². The van der Waals surface area contributed by atoms with Crippen molar-refractivity contribution in [2.75, 3.05) is 0 Å². The van der Waals surface area contributed by atoms with Crippen LogP contribution in [0.25, 0.3) is 0 Å². The molecule has 1 heterocycles. The Labute approximate surface area is 79.6 Å². The average molecular weight is 164 g/mol.